The van der Waals surface area contributed by atoms with E-state index in [0.717, 1.165) is 6.92 Å². The second-order valence-electron chi connectivity index (χ2n) is 6.46. The minimum Gasteiger partial charge on any atom is -0.502 e. The van der Waals surface area contributed by atoms with Crippen molar-refractivity contribution in [3.8, 4) is 28.6 Å². The Morgan fingerprint density at radius 2 is 2.33 bits per heavy atom. The minimum atomic E-state index is -2.88. The van der Waals surface area contributed by atoms with Crippen LogP contribution in [0.3, 0.4) is 0 Å². The summed E-state index contributed by atoms with van der Waals surface area (Å²) in [7, 11) is 0. The van der Waals surface area contributed by atoms with Gasteiger partial charge in [0.1, 0.15) is 5.75 Å². The van der Waals surface area contributed by atoms with E-state index in [2.05, 4.69) is 20.3 Å². The summed E-state index contributed by atoms with van der Waals surface area (Å²) >= 11 is 0. The van der Waals surface area contributed by atoms with E-state index in [1.165, 1.54) is 0 Å². The number of rotatable bonds is 7. The van der Waals surface area contributed by atoms with Crippen molar-refractivity contribution in [1.29, 1.82) is 0 Å². The van der Waals surface area contributed by atoms with Crippen LogP contribution in [0, 0.1) is 6.57 Å². The topological polar surface area (TPSA) is 64.5 Å². The van der Waals surface area contributed by atoms with Gasteiger partial charge in [-0.2, -0.15) is 4.98 Å². The molecule has 6 heteroatoms. The Bertz CT molecular complexity index is 1680. The molecule has 1 N–H and O–H groups in total. The second kappa shape index (κ2) is 8.68. The molecule has 0 amide bonds. The Hall–Kier alpha value is -3.17. The van der Waals surface area contributed by atoms with E-state index in [1.54, 1.807) is 13.8 Å². The largest absolute Gasteiger partial charge is 0.502 e. The first kappa shape index (κ1) is 9.76. The summed E-state index contributed by atoms with van der Waals surface area (Å²) < 4.78 is 120. The lowest BCUT2D eigenvalue weighted by Gasteiger charge is -2.13. The molecule has 0 saturated carbocycles. The number of aromatic nitrogens is 2. The van der Waals surface area contributed by atoms with Crippen molar-refractivity contribution in [2.45, 2.75) is 52.1 Å². The quantitative estimate of drug-likeness (QED) is 0.499. The maximum Gasteiger partial charge on any atom is 0.256 e. The van der Waals surface area contributed by atoms with Gasteiger partial charge in [0.2, 0.25) is 11.5 Å². The molecule has 30 heavy (non-hydrogen) atoms. The van der Waals surface area contributed by atoms with Crippen LogP contribution < -0.4 is 10.1 Å². The predicted octanol–water partition coefficient (Wildman–Crippen LogP) is 5.73. The number of hydrogen-bond donors (Lipinski definition) is 1. The monoisotopic (exact) mass is 415 g/mol. The molecule has 2 aromatic carbocycles. The first-order chi connectivity index (χ1) is 19.6. The molecule has 0 bridgehead atoms. The van der Waals surface area contributed by atoms with Crippen molar-refractivity contribution in [3.63, 3.8) is 0 Å². The van der Waals surface area contributed by atoms with Gasteiger partial charge in [0.25, 0.3) is 5.89 Å². The molecular weight excluding hydrogens is 376 g/mol. The highest BCUT2D eigenvalue weighted by molar-refractivity contribution is 5.70. The lowest BCUT2D eigenvalue weighted by molar-refractivity contribution is 0.244. The summed E-state index contributed by atoms with van der Waals surface area (Å²) in [5, 5.41) is 5.95. The van der Waals surface area contributed by atoms with Gasteiger partial charge in [-0.05, 0) is 68.8 Å². The van der Waals surface area contributed by atoms with Crippen molar-refractivity contribution in [2.75, 3.05) is 6.50 Å². The number of fused-ring (bicyclic) bond motifs is 1. The Kier molecular flexibility index (Phi) is 2.82. The Morgan fingerprint density at radius 1 is 1.47 bits per heavy atom. The summed E-state index contributed by atoms with van der Waals surface area (Å²) in [6.07, 6.45) is -6.36. The summed E-state index contributed by atoms with van der Waals surface area (Å²) in [5.74, 6) is -1.31. The number of ether oxygens (including phenoxy) is 1. The van der Waals surface area contributed by atoms with E-state index in [1.807, 2.05) is 0 Å². The van der Waals surface area contributed by atoms with Gasteiger partial charge in [0, 0.05) is 26.7 Å². The van der Waals surface area contributed by atoms with Crippen molar-refractivity contribution < 1.29 is 27.1 Å². The van der Waals surface area contributed by atoms with E-state index in [-0.39, 0.29) is 11.4 Å². The first-order valence-electron chi connectivity index (χ1n) is 15.6. The summed E-state index contributed by atoms with van der Waals surface area (Å²) in [5.41, 5.74) is -2.22. The average Bonchev–Trinajstić information content (AvgIpc) is 3.40. The van der Waals surface area contributed by atoms with E-state index in [0.29, 0.717) is 0 Å². The van der Waals surface area contributed by atoms with Crippen LogP contribution in [0.4, 0.5) is 5.69 Å². The second-order valence-corrected chi connectivity index (χ2v) is 6.46. The fourth-order valence-corrected chi connectivity index (χ4v) is 2.80. The van der Waals surface area contributed by atoms with Gasteiger partial charge in [0.15, 0.2) is 0 Å². The molecule has 0 fully saturated rings. The first-order valence-corrected chi connectivity index (χ1v) is 9.06. The molecular formula is C24H26N4O2. The highest BCUT2D eigenvalue weighted by Crippen LogP contribution is 2.38. The third kappa shape index (κ3) is 3.94. The van der Waals surface area contributed by atoms with Crippen LogP contribution >= 0.6 is 0 Å². The molecule has 0 spiro atoms. The maximum absolute atomic E-state index is 8.96. The molecule has 1 atom stereocenters. The van der Waals surface area contributed by atoms with E-state index >= 15 is 0 Å². The Morgan fingerprint density at radius 3 is 3.10 bits per heavy atom. The Balaban J connectivity index is 1.97. The number of benzene rings is 2. The van der Waals surface area contributed by atoms with E-state index < -0.39 is 108 Å². The summed E-state index contributed by atoms with van der Waals surface area (Å²) in [4.78, 5) is 7.40. The van der Waals surface area contributed by atoms with Crippen LogP contribution in [0.5, 0.6) is 5.75 Å². The third-order valence-electron chi connectivity index (χ3n) is 4.05. The summed E-state index contributed by atoms with van der Waals surface area (Å²) in [6.45, 7) is 8.84. The highest BCUT2D eigenvalue weighted by atomic mass is 16.5. The van der Waals surface area contributed by atoms with Crippen LogP contribution in [0.2, 0.25) is 0 Å². The molecule has 6 nitrogen and oxygen atoms in total. The fourth-order valence-electron chi connectivity index (χ4n) is 2.80. The molecule has 1 aliphatic rings. The number of nitrogens with zero attached hydrogens (tertiary/aromatic N) is 3. The van der Waals surface area contributed by atoms with Crippen LogP contribution in [-0.4, -0.2) is 22.7 Å². The highest BCUT2D eigenvalue weighted by Gasteiger charge is 2.26. The normalized spacial score (nSPS) is 26.6. The smallest absolute Gasteiger partial charge is 0.256 e. The zero-order valence-electron chi connectivity index (χ0n) is 29.4. The predicted molar refractivity (Wildman–Crippen MR) is 117 cm³/mol. The fraction of sp³-hybridized carbons (Fsp3) is 0.375. The van der Waals surface area contributed by atoms with Gasteiger partial charge in [-0.1, -0.05) is 30.2 Å². The van der Waals surface area contributed by atoms with Crippen LogP contribution in [0.1, 0.15) is 68.5 Å². The van der Waals surface area contributed by atoms with Crippen molar-refractivity contribution in [2.24, 2.45) is 0 Å². The van der Waals surface area contributed by atoms with E-state index in [9.17, 15) is 0 Å². The lowest BCUT2D eigenvalue weighted by atomic mass is 10.0. The van der Waals surface area contributed by atoms with Gasteiger partial charge >= 0.3 is 0 Å². The van der Waals surface area contributed by atoms with Crippen molar-refractivity contribution in [1.82, 2.24) is 15.5 Å². The zero-order valence-corrected chi connectivity index (χ0v) is 16.4. The Labute approximate surface area is 195 Å². The van der Waals surface area contributed by atoms with Crippen LogP contribution in [-0.2, 0) is 6.37 Å². The molecule has 3 aromatic rings. The molecule has 0 unspecified atom stereocenters. The minimum absolute atomic E-state index is 0.275. The third-order valence-corrected chi connectivity index (χ3v) is 4.05. The molecule has 1 aromatic heterocycles. The molecule has 154 valence electrons. The molecule has 1 heterocycles. The van der Waals surface area contributed by atoms with Gasteiger partial charge in [-0.25, -0.2) is 4.85 Å². The van der Waals surface area contributed by atoms with Gasteiger partial charge in [0.05, 0.1) is 20.9 Å². The van der Waals surface area contributed by atoms with Crippen molar-refractivity contribution in [3.05, 3.63) is 58.8 Å². The standard InChI is InChI=1S/C24H26N4O2/c1-5-13-26-20-11-10-17-18(20)7-6-8-19(17)23-27-24(30-28-23)16-9-12-22(29-15(2)3)21(14-16)25-4/h6-9,12,14-15,20,26H,5,10-11,13H2,1-3H3/t20-/m0/s1/i5D2,6D,7D,8D,9D,10D2,12D,13D2,14D,20D. The average molecular weight is 416 g/mol. The van der Waals surface area contributed by atoms with Crippen molar-refractivity contribution >= 4 is 5.69 Å². The van der Waals surface area contributed by atoms with Crippen LogP contribution in [0.15, 0.2) is 40.8 Å². The van der Waals surface area contributed by atoms with Crippen LogP contribution in [0.25, 0.3) is 27.7 Å². The van der Waals surface area contributed by atoms with Gasteiger partial charge < -0.3 is 14.6 Å². The maximum atomic E-state index is 8.96. The van der Waals surface area contributed by atoms with E-state index in [4.69, 9.17) is 33.7 Å². The van der Waals surface area contributed by atoms with Gasteiger partial charge in [-0.15, -0.1) is 0 Å². The lowest BCUT2D eigenvalue weighted by Crippen LogP contribution is -2.19. The van der Waals surface area contributed by atoms with Gasteiger partial charge in [-0.3, -0.25) is 0 Å². The molecule has 1 aliphatic carbocycles. The molecule has 0 radical (unpaired) electrons. The zero-order chi connectivity index (χ0) is 32.6. The SMILES string of the molecule is [2H]c1c([2H])c(-c2noc(-c3c([2H])c([2H])c(OC(C)C)c([N+]#[C-])c3[2H])n2)c2c(c1[2H])[C@@]([2H])(NC([2H])([2H])C([2H])([2H])C)CC2([2H])[2H]. The number of nitrogens with one attached hydrogen (secondary N) is 1. The molecule has 0 saturated heterocycles. The molecule has 4 rings (SSSR count). The number of hydrogen-bond acceptors (Lipinski definition) is 5. The summed E-state index contributed by atoms with van der Waals surface area (Å²) in [6, 6.07) is -6.33. The molecule has 0 aliphatic heterocycles.